The van der Waals surface area contributed by atoms with Crippen molar-refractivity contribution in [1.82, 2.24) is 24.1 Å². The Hall–Kier alpha value is -2.38. The Morgan fingerprint density at radius 2 is 1.91 bits per heavy atom. The topological polar surface area (TPSA) is 86.7 Å². The Bertz CT molecular complexity index is 759. The molecule has 0 unspecified atom stereocenters. The predicted molar refractivity (Wildman–Crippen MR) is 82.8 cm³/mol. The van der Waals surface area contributed by atoms with E-state index in [1.165, 1.54) is 9.25 Å². The fourth-order valence-electron chi connectivity index (χ4n) is 2.17. The summed E-state index contributed by atoms with van der Waals surface area (Å²) in [5.41, 5.74) is 0.0935. The lowest BCUT2D eigenvalue weighted by molar-refractivity contribution is -0.116. The first kappa shape index (κ1) is 16.0. The molecule has 2 aromatic heterocycles. The number of hydrogen-bond donors (Lipinski definition) is 1. The SMILES string of the molecule is Cc1cc(NC(=O)Cn2c(C)nn(C(C)(C)C)c2=O)n(C)n1. The van der Waals surface area contributed by atoms with Crippen LogP contribution in [-0.2, 0) is 23.9 Å². The van der Waals surface area contributed by atoms with Gasteiger partial charge < -0.3 is 5.32 Å². The van der Waals surface area contributed by atoms with E-state index in [2.05, 4.69) is 15.5 Å². The molecule has 0 aromatic carbocycles. The van der Waals surface area contributed by atoms with Crippen LogP contribution in [0.25, 0.3) is 0 Å². The van der Waals surface area contributed by atoms with Crippen LogP contribution in [0.4, 0.5) is 5.82 Å². The van der Waals surface area contributed by atoms with Crippen LogP contribution in [0.2, 0.25) is 0 Å². The number of amides is 1. The van der Waals surface area contributed by atoms with E-state index in [9.17, 15) is 9.59 Å². The average molecular weight is 306 g/mol. The van der Waals surface area contributed by atoms with Gasteiger partial charge in [-0.3, -0.25) is 14.0 Å². The molecule has 0 aliphatic rings. The van der Waals surface area contributed by atoms with E-state index in [1.807, 2.05) is 27.7 Å². The van der Waals surface area contributed by atoms with Crippen molar-refractivity contribution in [1.29, 1.82) is 0 Å². The summed E-state index contributed by atoms with van der Waals surface area (Å²) in [7, 11) is 1.75. The average Bonchev–Trinajstić information content (AvgIpc) is 2.82. The van der Waals surface area contributed by atoms with Crippen molar-refractivity contribution in [3.8, 4) is 0 Å². The van der Waals surface area contributed by atoms with Crippen LogP contribution in [0, 0.1) is 13.8 Å². The van der Waals surface area contributed by atoms with Crippen LogP contribution in [-0.4, -0.2) is 30.0 Å². The second-order valence-corrected chi connectivity index (χ2v) is 6.34. The van der Waals surface area contributed by atoms with Crippen LogP contribution in [0.1, 0.15) is 32.3 Å². The second-order valence-electron chi connectivity index (χ2n) is 6.34. The van der Waals surface area contributed by atoms with Crippen molar-refractivity contribution in [2.45, 2.75) is 46.7 Å². The Morgan fingerprint density at radius 1 is 1.27 bits per heavy atom. The number of nitrogens with one attached hydrogen (secondary N) is 1. The van der Waals surface area contributed by atoms with Gasteiger partial charge in [0.2, 0.25) is 5.91 Å². The van der Waals surface area contributed by atoms with Crippen molar-refractivity contribution in [3.63, 3.8) is 0 Å². The third-order valence-corrected chi connectivity index (χ3v) is 3.25. The van der Waals surface area contributed by atoms with Crippen molar-refractivity contribution in [2.24, 2.45) is 7.05 Å². The number of rotatable bonds is 3. The third-order valence-electron chi connectivity index (χ3n) is 3.25. The van der Waals surface area contributed by atoms with Crippen LogP contribution >= 0.6 is 0 Å². The van der Waals surface area contributed by atoms with E-state index in [0.29, 0.717) is 11.6 Å². The van der Waals surface area contributed by atoms with Crippen LogP contribution in [0.3, 0.4) is 0 Å². The van der Waals surface area contributed by atoms with E-state index in [1.54, 1.807) is 24.7 Å². The minimum absolute atomic E-state index is 0.0784. The van der Waals surface area contributed by atoms with Gasteiger partial charge in [0.15, 0.2) is 0 Å². The van der Waals surface area contributed by atoms with Gasteiger partial charge in [-0.1, -0.05) is 0 Å². The number of nitrogens with zero attached hydrogens (tertiary/aromatic N) is 5. The van der Waals surface area contributed by atoms with Crippen molar-refractivity contribution < 1.29 is 4.79 Å². The first-order valence-corrected chi connectivity index (χ1v) is 7.07. The summed E-state index contributed by atoms with van der Waals surface area (Å²) in [6.07, 6.45) is 0. The fourth-order valence-corrected chi connectivity index (χ4v) is 2.17. The number of anilines is 1. The number of carbonyl (C=O) groups excluding carboxylic acids is 1. The van der Waals surface area contributed by atoms with Gasteiger partial charge in [-0.25, -0.2) is 9.48 Å². The highest BCUT2D eigenvalue weighted by atomic mass is 16.2. The van der Waals surface area contributed by atoms with E-state index >= 15 is 0 Å². The quantitative estimate of drug-likeness (QED) is 0.908. The molecule has 8 nitrogen and oxygen atoms in total. The number of carbonyl (C=O) groups is 1. The Kier molecular flexibility index (Phi) is 3.95. The van der Waals surface area contributed by atoms with Gasteiger partial charge in [0.1, 0.15) is 18.2 Å². The Labute approximate surface area is 128 Å². The lowest BCUT2D eigenvalue weighted by Gasteiger charge is -2.16. The maximum atomic E-state index is 12.4. The van der Waals surface area contributed by atoms with E-state index in [4.69, 9.17) is 0 Å². The second kappa shape index (κ2) is 5.43. The summed E-state index contributed by atoms with van der Waals surface area (Å²) >= 11 is 0. The Balaban J connectivity index is 2.21. The molecular formula is C14H22N6O2. The molecule has 0 spiro atoms. The van der Waals surface area contributed by atoms with E-state index in [0.717, 1.165) is 5.69 Å². The molecule has 120 valence electrons. The molecule has 0 saturated carbocycles. The molecule has 2 rings (SSSR count). The standard InChI is InChI=1S/C14H22N6O2/c1-9-7-11(18(6)16-9)15-12(21)8-19-10(2)17-20(13(19)22)14(3,4)5/h7H,8H2,1-6H3,(H,15,21). The summed E-state index contributed by atoms with van der Waals surface area (Å²) in [6, 6.07) is 1.77. The molecule has 0 atom stereocenters. The first-order valence-electron chi connectivity index (χ1n) is 7.07. The highest BCUT2D eigenvalue weighted by Gasteiger charge is 2.22. The summed E-state index contributed by atoms with van der Waals surface area (Å²) in [5, 5.41) is 11.1. The van der Waals surface area contributed by atoms with Crippen LogP contribution in [0.15, 0.2) is 10.9 Å². The van der Waals surface area contributed by atoms with Gasteiger partial charge >= 0.3 is 5.69 Å². The maximum Gasteiger partial charge on any atom is 0.346 e. The maximum absolute atomic E-state index is 12.4. The summed E-state index contributed by atoms with van der Waals surface area (Å²) in [5.74, 6) is 0.814. The lowest BCUT2D eigenvalue weighted by atomic mass is 10.1. The van der Waals surface area contributed by atoms with E-state index in [-0.39, 0.29) is 18.1 Å². The van der Waals surface area contributed by atoms with Gasteiger partial charge in [0, 0.05) is 13.1 Å². The molecule has 8 heteroatoms. The van der Waals surface area contributed by atoms with Gasteiger partial charge in [-0.15, -0.1) is 0 Å². The normalized spacial score (nSPS) is 11.7. The molecule has 2 aromatic rings. The zero-order valence-corrected chi connectivity index (χ0v) is 13.8. The molecule has 0 radical (unpaired) electrons. The minimum atomic E-state index is -0.428. The summed E-state index contributed by atoms with van der Waals surface area (Å²) in [6.45, 7) is 9.16. The highest BCUT2D eigenvalue weighted by Crippen LogP contribution is 2.10. The summed E-state index contributed by atoms with van der Waals surface area (Å²) in [4.78, 5) is 24.5. The third kappa shape index (κ3) is 3.10. The summed E-state index contributed by atoms with van der Waals surface area (Å²) < 4.78 is 4.34. The van der Waals surface area contributed by atoms with Gasteiger partial charge in [-0.05, 0) is 34.6 Å². The number of aromatic nitrogens is 5. The minimum Gasteiger partial charge on any atom is -0.309 e. The zero-order valence-electron chi connectivity index (χ0n) is 13.8. The smallest absolute Gasteiger partial charge is 0.309 e. The predicted octanol–water partition coefficient (Wildman–Crippen LogP) is 0.789. The van der Waals surface area contributed by atoms with E-state index < -0.39 is 5.54 Å². The fraction of sp³-hybridized carbons (Fsp3) is 0.571. The van der Waals surface area contributed by atoms with Gasteiger partial charge in [0.25, 0.3) is 0 Å². The molecule has 1 N–H and O–H groups in total. The van der Waals surface area contributed by atoms with Crippen molar-refractivity contribution >= 4 is 11.7 Å². The highest BCUT2D eigenvalue weighted by molar-refractivity contribution is 5.89. The van der Waals surface area contributed by atoms with Gasteiger partial charge in [0.05, 0.1) is 11.2 Å². The van der Waals surface area contributed by atoms with Gasteiger partial charge in [-0.2, -0.15) is 10.2 Å². The first-order chi connectivity index (χ1) is 10.1. The number of hydrogen-bond acceptors (Lipinski definition) is 4. The van der Waals surface area contributed by atoms with Crippen molar-refractivity contribution in [3.05, 3.63) is 28.1 Å². The molecule has 22 heavy (non-hydrogen) atoms. The van der Waals surface area contributed by atoms with Crippen molar-refractivity contribution in [2.75, 3.05) is 5.32 Å². The Morgan fingerprint density at radius 3 is 2.36 bits per heavy atom. The molecule has 0 saturated heterocycles. The zero-order chi connectivity index (χ0) is 16.7. The molecule has 1 amide bonds. The molecule has 0 bridgehead atoms. The monoisotopic (exact) mass is 306 g/mol. The molecule has 2 heterocycles. The molecule has 0 fully saturated rings. The number of aryl methyl sites for hydroxylation is 3. The van der Waals surface area contributed by atoms with Crippen LogP contribution < -0.4 is 11.0 Å². The molecule has 0 aliphatic heterocycles. The lowest BCUT2D eigenvalue weighted by Crippen LogP contribution is -2.37. The van der Waals surface area contributed by atoms with Crippen LogP contribution in [0.5, 0.6) is 0 Å². The largest absolute Gasteiger partial charge is 0.346 e. The molecular weight excluding hydrogens is 284 g/mol. The molecule has 0 aliphatic carbocycles.